The van der Waals surface area contributed by atoms with E-state index in [9.17, 15) is 9.59 Å². The van der Waals surface area contributed by atoms with Crippen molar-refractivity contribution in [3.63, 3.8) is 0 Å². The van der Waals surface area contributed by atoms with Crippen LogP contribution in [0.2, 0.25) is 0 Å². The van der Waals surface area contributed by atoms with Gasteiger partial charge in [-0.25, -0.2) is 0 Å². The monoisotopic (exact) mass is 239 g/mol. The number of carbonyl (C=O) groups excluding carboxylic acids is 2. The summed E-state index contributed by atoms with van der Waals surface area (Å²) in [6, 6.07) is 0. The van der Waals surface area contributed by atoms with Gasteiger partial charge in [0.05, 0.1) is 11.4 Å². The number of nitrogens with two attached hydrogens (primary N) is 2. The first-order valence-corrected chi connectivity index (χ1v) is 5.33. The second-order valence-corrected chi connectivity index (χ2v) is 4.03. The van der Waals surface area contributed by atoms with Gasteiger partial charge in [-0.05, 0) is 5.92 Å². The smallest absolute Gasteiger partial charge is 0.273 e. The number of hydrogen-bond donors (Lipinski definition) is 4. The number of H-pyrrole nitrogens is 1. The Balaban J connectivity index is 2.66. The number of hydrogen-bond acceptors (Lipinski definition) is 4. The summed E-state index contributed by atoms with van der Waals surface area (Å²) >= 11 is 0. The summed E-state index contributed by atoms with van der Waals surface area (Å²) in [6.07, 6.45) is 0.0904. The molecule has 6 N–H and O–H groups in total. The fourth-order valence-corrected chi connectivity index (χ4v) is 1.36. The Hall–Kier alpha value is -2.05. The highest BCUT2D eigenvalue weighted by Gasteiger charge is 2.18. The minimum Gasteiger partial charge on any atom is -0.395 e. The highest BCUT2D eigenvalue weighted by Crippen LogP contribution is 2.21. The number of nitrogen functional groups attached to an aromatic ring is 1. The summed E-state index contributed by atoms with van der Waals surface area (Å²) in [5, 5.41) is 9.10. The summed E-state index contributed by atoms with van der Waals surface area (Å²) in [4.78, 5) is 22.2. The van der Waals surface area contributed by atoms with Gasteiger partial charge in [-0.2, -0.15) is 5.10 Å². The van der Waals surface area contributed by atoms with Crippen molar-refractivity contribution in [3.05, 3.63) is 11.4 Å². The van der Waals surface area contributed by atoms with Crippen molar-refractivity contribution in [3.8, 4) is 0 Å². The third-order valence-electron chi connectivity index (χ3n) is 2.28. The van der Waals surface area contributed by atoms with E-state index in [4.69, 9.17) is 11.5 Å². The van der Waals surface area contributed by atoms with E-state index in [2.05, 4.69) is 15.5 Å². The lowest BCUT2D eigenvalue weighted by molar-refractivity contribution is -0.117. The second kappa shape index (κ2) is 5.33. The molecule has 0 aliphatic rings. The predicted molar refractivity (Wildman–Crippen MR) is 63.2 cm³/mol. The first-order chi connectivity index (χ1) is 7.93. The maximum absolute atomic E-state index is 11.7. The third-order valence-corrected chi connectivity index (χ3v) is 2.28. The molecule has 0 atom stereocenters. The number of anilines is 1. The van der Waals surface area contributed by atoms with Gasteiger partial charge in [0.15, 0.2) is 5.69 Å². The van der Waals surface area contributed by atoms with Crippen molar-refractivity contribution in [2.75, 3.05) is 12.3 Å². The molecule has 7 nitrogen and oxygen atoms in total. The minimum atomic E-state index is -0.469. The molecule has 0 saturated carbocycles. The maximum atomic E-state index is 11.7. The van der Waals surface area contributed by atoms with E-state index in [0.717, 1.165) is 5.69 Å². The molecule has 1 heterocycles. The van der Waals surface area contributed by atoms with Crippen LogP contribution >= 0.6 is 0 Å². The zero-order valence-corrected chi connectivity index (χ0v) is 9.91. The van der Waals surface area contributed by atoms with Crippen LogP contribution in [0.4, 0.5) is 5.69 Å². The molecule has 7 heteroatoms. The van der Waals surface area contributed by atoms with Gasteiger partial charge in [0, 0.05) is 13.0 Å². The summed E-state index contributed by atoms with van der Waals surface area (Å²) in [6.45, 7) is 4.06. The van der Waals surface area contributed by atoms with E-state index in [1.165, 1.54) is 0 Å². The average Bonchev–Trinajstić information content (AvgIpc) is 2.59. The quantitative estimate of drug-likeness (QED) is 0.563. The molecule has 0 aliphatic heterocycles. The van der Waals surface area contributed by atoms with Crippen LogP contribution in [0.15, 0.2) is 0 Å². The van der Waals surface area contributed by atoms with Gasteiger partial charge in [-0.1, -0.05) is 13.8 Å². The minimum absolute atomic E-state index is 0.0904. The Morgan fingerprint density at radius 3 is 2.59 bits per heavy atom. The van der Waals surface area contributed by atoms with E-state index >= 15 is 0 Å². The third kappa shape index (κ3) is 3.20. The van der Waals surface area contributed by atoms with Crippen LogP contribution in [0, 0.1) is 0 Å². The highest BCUT2D eigenvalue weighted by atomic mass is 16.2. The number of rotatable bonds is 5. The zero-order chi connectivity index (χ0) is 13.0. The maximum Gasteiger partial charge on any atom is 0.273 e. The van der Waals surface area contributed by atoms with Crippen molar-refractivity contribution in [2.24, 2.45) is 5.73 Å². The van der Waals surface area contributed by atoms with Crippen molar-refractivity contribution in [2.45, 2.75) is 26.2 Å². The highest BCUT2D eigenvalue weighted by molar-refractivity contribution is 5.97. The van der Waals surface area contributed by atoms with Crippen LogP contribution in [0.25, 0.3) is 0 Å². The van der Waals surface area contributed by atoms with Gasteiger partial charge >= 0.3 is 0 Å². The predicted octanol–water partition coefficient (Wildman–Crippen LogP) is -0.279. The summed E-state index contributed by atoms with van der Waals surface area (Å²) in [7, 11) is 0. The van der Waals surface area contributed by atoms with Gasteiger partial charge < -0.3 is 16.8 Å². The lowest BCUT2D eigenvalue weighted by Gasteiger charge is -2.03. The molecule has 0 fully saturated rings. The van der Waals surface area contributed by atoms with E-state index in [-0.39, 0.29) is 24.6 Å². The lowest BCUT2D eigenvalue weighted by Crippen LogP contribution is -2.28. The van der Waals surface area contributed by atoms with Gasteiger partial charge in [0.1, 0.15) is 0 Å². The average molecular weight is 239 g/mol. The molecule has 1 aromatic rings. The Morgan fingerprint density at radius 1 is 1.47 bits per heavy atom. The van der Waals surface area contributed by atoms with E-state index in [1.54, 1.807) is 0 Å². The van der Waals surface area contributed by atoms with Gasteiger partial charge in [-0.3, -0.25) is 14.7 Å². The molecule has 1 rings (SSSR count). The summed E-state index contributed by atoms with van der Waals surface area (Å²) in [5.74, 6) is -0.718. The fourth-order valence-electron chi connectivity index (χ4n) is 1.36. The van der Waals surface area contributed by atoms with Gasteiger partial charge in [0.25, 0.3) is 5.91 Å². The van der Waals surface area contributed by atoms with Gasteiger partial charge in [0.2, 0.25) is 5.91 Å². The number of aromatic nitrogens is 2. The topological polar surface area (TPSA) is 127 Å². The molecule has 0 saturated heterocycles. The first-order valence-electron chi connectivity index (χ1n) is 5.33. The standard InChI is InChI=1S/C10H17N5O2/c1-5(2)8-7(12)9(15-14-8)10(17)13-4-3-6(11)16/h5H,3-4,12H2,1-2H3,(H2,11,16)(H,13,17)(H,14,15). The van der Waals surface area contributed by atoms with Gasteiger partial charge in [-0.15, -0.1) is 0 Å². The number of amides is 2. The molecule has 1 aromatic heterocycles. The number of aromatic amines is 1. The molecular weight excluding hydrogens is 222 g/mol. The molecule has 0 bridgehead atoms. The Kier molecular flexibility index (Phi) is 4.08. The number of carbonyl (C=O) groups is 2. The molecule has 2 amide bonds. The molecule has 94 valence electrons. The molecular formula is C10H17N5O2. The molecule has 0 unspecified atom stereocenters. The van der Waals surface area contributed by atoms with Crippen molar-refractivity contribution < 1.29 is 9.59 Å². The van der Waals surface area contributed by atoms with Crippen LogP contribution in [0.1, 0.15) is 42.4 Å². The van der Waals surface area contributed by atoms with E-state index < -0.39 is 11.8 Å². The van der Waals surface area contributed by atoms with Crippen molar-refractivity contribution in [1.82, 2.24) is 15.5 Å². The normalized spacial score (nSPS) is 10.5. The summed E-state index contributed by atoms with van der Waals surface area (Å²) in [5.41, 5.74) is 12.0. The molecule has 0 radical (unpaired) electrons. The zero-order valence-electron chi connectivity index (χ0n) is 9.91. The largest absolute Gasteiger partial charge is 0.395 e. The lowest BCUT2D eigenvalue weighted by atomic mass is 10.1. The van der Waals surface area contributed by atoms with Crippen molar-refractivity contribution in [1.29, 1.82) is 0 Å². The SMILES string of the molecule is CC(C)c1[nH]nc(C(=O)NCCC(N)=O)c1N. The van der Waals surface area contributed by atoms with Crippen LogP contribution in [0.3, 0.4) is 0 Å². The number of nitrogens with zero attached hydrogens (tertiary/aromatic N) is 1. The van der Waals surface area contributed by atoms with Crippen LogP contribution in [0.5, 0.6) is 0 Å². The van der Waals surface area contributed by atoms with Crippen molar-refractivity contribution >= 4 is 17.5 Å². The van der Waals surface area contributed by atoms with E-state index in [0.29, 0.717) is 5.69 Å². The Labute approximate surface area is 98.9 Å². The fraction of sp³-hybridized carbons (Fsp3) is 0.500. The Bertz CT molecular complexity index is 424. The Morgan fingerprint density at radius 2 is 2.12 bits per heavy atom. The molecule has 0 aromatic carbocycles. The van der Waals surface area contributed by atoms with Crippen LogP contribution in [-0.4, -0.2) is 28.6 Å². The number of primary amides is 1. The van der Waals surface area contributed by atoms with E-state index in [1.807, 2.05) is 13.8 Å². The molecule has 0 spiro atoms. The second-order valence-electron chi connectivity index (χ2n) is 4.03. The number of nitrogens with one attached hydrogen (secondary N) is 2. The molecule has 17 heavy (non-hydrogen) atoms. The molecule has 0 aliphatic carbocycles. The van der Waals surface area contributed by atoms with Crippen LogP contribution in [-0.2, 0) is 4.79 Å². The first kappa shape index (κ1) is 13.0. The van der Waals surface area contributed by atoms with Crippen LogP contribution < -0.4 is 16.8 Å². The summed E-state index contributed by atoms with van der Waals surface area (Å²) < 4.78 is 0.